The molecular weight excluding hydrogens is 248 g/mol. The highest BCUT2D eigenvalue weighted by molar-refractivity contribution is 5.81. The molecule has 2 N–H and O–H groups in total. The smallest absolute Gasteiger partial charge is 0.310 e. The van der Waals surface area contributed by atoms with Gasteiger partial charge in [-0.3, -0.25) is 14.5 Å². The summed E-state index contributed by atoms with van der Waals surface area (Å²) in [4.78, 5) is 25.0. The second kappa shape index (κ2) is 7.25. The van der Waals surface area contributed by atoms with Crippen molar-refractivity contribution < 1.29 is 19.4 Å². The van der Waals surface area contributed by atoms with Gasteiger partial charge in [0, 0.05) is 12.6 Å². The fraction of sp³-hybridized carbons (Fsp3) is 0.692. The maximum atomic E-state index is 11.9. The van der Waals surface area contributed by atoms with E-state index in [0.717, 1.165) is 0 Å². The van der Waals surface area contributed by atoms with E-state index in [2.05, 4.69) is 11.9 Å². The van der Waals surface area contributed by atoms with E-state index in [1.54, 1.807) is 13.0 Å². The van der Waals surface area contributed by atoms with Crippen molar-refractivity contribution in [2.45, 2.75) is 25.9 Å². The largest absolute Gasteiger partial charge is 0.481 e. The molecule has 6 heteroatoms. The van der Waals surface area contributed by atoms with Crippen molar-refractivity contribution in [3.63, 3.8) is 0 Å². The summed E-state index contributed by atoms with van der Waals surface area (Å²) in [6.45, 7) is 8.79. The Hall–Kier alpha value is -1.40. The molecule has 0 aromatic heterocycles. The zero-order valence-electron chi connectivity index (χ0n) is 11.5. The number of aliphatic carboxylic acids is 1. The van der Waals surface area contributed by atoms with E-state index in [1.165, 1.54) is 0 Å². The van der Waals surface area contributed by atoms with Crippen LogP contribution in [-0.2, 0) is 14.3 Å². The molecule has 0 radical (unpaired) electrons. The quantitative estimate of drug-likeness (QED) is 0.641. The molecule has 0 aromatic rings. The lowest BCUT2D eigenvalue weighted by atomic mass is 10.0. The van der Waals surface area contributed by atoms with E-state index in [0.29, 0.717) is 19.7 Å². The van der Waals surface area contributed by atoms with Gasteiger partial charge in [0.15, 0.2) is 0 Å². The molecule has 1 amide bonds. The van der Waals surface area contributed by atoms with Crippen LogP contribution in [-0.4, -0.2) is 60.3 Å². The van der Waals surface area contributed by atoms with Crippen LogP contribution in [0.1, 0.15) is 13.8 Å². The summed E-state index contributed by atoms with van der Waals surface area (Å²) in [6, 6.07) is -0.648. The molecule has 1 fully saturated rings. The number of carbonyl (C=O) groups excluding carboxylic acids is 1. The van der Waals surface area contributed by atoms with E-state index >= 15 is 0 Å². The molecule has 108 valence electrons. The maximum Gasteiger partial charge on any atom is 0.310 e. The Morgan fingerprint density at radius 2 is 2.26 bits per heavy atom. The van der Waals surface area contributed by atoms with E-state index in [-0.39, 0.29) is 18.6 Å². The number of carboxylic acid groups (broad SMARTS) is 1. The zero-order chi connectivity index (χ0) is 14.4. The fourth-order valence-corrected chi connectivity index (χ4v) is 2.37. The number of amides is 1. The number of likely N-dealkylation sites (N-methyl/N-ethyl adjacent to an activating group) is 1. The van der Waals surface area contributed by atoms with Crippen LogP contribution in [0.2, 0.25) is 0 Å². The zero-order valence-corrected chi connectivity index (χ0v) is 11.5. The molecule has 1 aliphatic heterocycles. The first-order valence-electron chi connectivity index (χ1n) is 6.47. The minimum Gasteiger partial charge on any atom is -0.481 e. The Morgan fingerprint density at radius 1 is 1.58 bits per heavy atom. The summed E-state index contributed by atoms with van der Waals surface area (Å²) in [5, 5.41) is 11.9. The highest BCUT2D eigenvalue weighted by Gasteiger charge is 2.40. The summed E-state index contributed by atoms with van der Waals surface area (Å²) >= 11 is 0. The predicted molar refractivity (Wildman–Crippen MR) is 70.8 cm³/mol. The lowest BCUT2D eigenvalue weighted by Crippen LogP contribution is -2.53. The van der Waals surface area contributed by atoms with Gasteiger partial charge in [0.2, 0.25) is 5.91 Å². The number of carbonyl (C=O) groups is 2. The molecule has 0 aliphatic carbocycles. The minimum absolute atomic E-state index is 0.127. The molecule has 19 heavy (non-hydrogen) atoms. The van der Waals surface area contributed by atoms with Crippen molar-refractivity contribution in [3.8, 4) is 0 Å². The molecule has 0 aromatic carbocycles. The van der Waals surface area contributed by atoms with Gasteiger partial charge in [-0.15, -0.1) is 6.58 Å². The van der Waals surface area contributed by atoms with E-state index in [9.17, 15) is 9.59 Å². The van der Waals surface area contributed by atoms with E-state index in [1.807, 2.05) is 11.8 Å². The number of hydrogen-bond acceptors (Lipinski definition) is 4. The van der Waals surface area contributed by atoms with Crippen molar-refractivity contribution in [1.82, 2.24) is 10.2 Å². The monoisotopic (exact) mass is 270 g/mol. The number of rotatable bonds is 7. The molecule has 1 aliphatic rings. The number of hydrogen-bond donors (Lipinski definition) is 2. The third kappa shape index (κ3) is 3.78. The normalized spacial score (nSPS) is 24.2. The molecule has 0 spiro atoms. The van der Waals surface area contributed by atoms with Gasteiger partial charge in [-0.1, -0.05) is 13.0 Å². The second-order valence-corrected chi connectivity index (χ2v) is 4.59. The third-order valence-corrected chi connectivity index (χ3v) is 3.46. The van der Waals surface area contributed by atoms with Crippen LogP contribution >= 0.6 is 0 Å². The Balaban J connectivity index is 2.73. The summed E-state index contributed by atoms with van der Waals surface area (Å²) in [5.74, 6) is -1.58. The molecular formula is C13H22N2O4. The van der Waals surface area contributed by atoms with Crippen molar-refractivity contribution in [2.75, 3.05) is 26.3 Å². The Morgan fingerprint density at radius 3 is 2.79 bits per heavy atom. The first-order valence-corrected chi connectivity index (χ1v) is 6.47. The lowest BCUT2D eigenvalue weighted by Gasteiger charge is -2.33. The SMILES string of the molecule is C=CCNC(=O)C(C)N(CC)C1COCC1C(=O)O. The standard InChI is InChI=1S/C13H22N2O4/c1-4-6-14-12(16)9(3)15(5-2)11-8-19-7-10(11)13(17)18/h4,9-11H,1,5-8H2,2-3H3,(H,14,16)(H,17,18). The van der Waals surface area contributed by atoms with Gasteiger partial charge in [0.05, 0.1) is 25.2 Å². The van der Waals surface area contributed by atoms with Crippen LogP contribution in [0.5, 0.6) is 0 Å². The molecule has 3 unspecified atom stereocenters. The number of ether oxygens (including phenoxy) is 1. The Kier molecular flexibility index (Phi) is 5.98. The van der Waals surface area contributed by atoms with Crippen molar-refractivity contribution in [2.24, 2.45) is 5.92 Å². The van der Waals surface area contributed by atoms with Crippen molar-refractivity contribution >= 4 is 11.9 Å². The minimum atomic E-state index is -0.875. The van der Waals surface area contributed by atoms with E-state index < -0.39 is 17.9 Å². The van der Waals surface area contributed by atoms with E-state index in [4.69, 9.17) is 9.84 Å². The number of nitrogens with zero attached hydrogens (tertiary/aromatic N) is 1. The first kappa shape index (κ1) is 15.7. The van der Waals surface area contributed by atoms with Gasteiger partial charge in [-0.2, -0.15) is 0 Å². The van der Waals surface area contributed by atoms with Gasteiger partial charge in [-0.05, 0) is 13.5 Å². The lowest BCUT2D eigenvalue weighted by molar-refractivity contribution is -0.144. The van der Waals surface area contributed by atoms with Crippen LogP contribution < -0.4 is 5.32 Å². The third-order valence-electron chi connectivity index (χ3n) is 3.46. The van der Waals surface area contributed by atoms with Crippen LogP contribution in [0.15, 0.2) is 12.7 Å². The summed E-state index contributed by atoms with van der Waals surface area (Å²) < 4.78 is 5.25. The summed E-state index contributed by atoms with van der Waals surface area (Å²) in [6.07, 6.45) is 1.61. The fourth-order valence-electron chi connectivity index (χ4n) is 2.37. The van der Waals surface area contributed by atoms with Crippen LogP contribution in [0, 0.1) is 5.92 Å². The second-order valence-electron chi connectivity index (χ2n) is 4.59. The van der Waals surface area contributed by atoms with Gasteiger partial charge in [-0.25, -0.2) is 0 Å². The number of carboxylic acids is 1. The van der Waals surface area contributed by atoms with Gasteiger partial charge >= 0.3 is 5.97 Å². The van der Waals surface area contributed by atoms with Gasteiger partial charge < -0.3 is 15.2 Å². The molecule has 0 saturated carbocycles. The molecule has 0 bridgehead atoms. The first-order chi connectivity index (χ1) is 9.02. The van der Waals surface area contributed by atoms with Gasteiger partial charge in [0.25, 0.3) is 0 Å². The van der Waals surface area contributed by atoms with Crippen LogP contribution in [0.4, 0.5) is 0 Å². The number of nitrogens with one attached hydrogen (secondary N) is 1. The molecule has 1 heterocycles. The molecule has 3 atom stereocenters. The summed E-state index contributed by atoms with van der Waals surface area (Å²) in [7, 11) is 0. The maximum absolute atomic E-state index is 11.9. The predicted octanol–water partition coefficient (Wildman–Crippen LogP) is 0.0986. The average Bonchev–Trinajstić information content (AvgIpc) is 2.86. The topological polar surface area (TPSA) is 78.9 Å². The highest BCUT2D eigenvalue weighted by Crippen LogP contribution is 2.22. The average molecular weight is 270 g/mol. The van der Waals surface area contributed by atoms with Crippen molar-refractivity contribution in [1.29, 1.82) is 0 Å². The Labute approximate surface area is 113 Å². The van der Waals surface area contributed by atoms with Crippen LogP contribution in [0.3, 0.4) is 0 Å². The molecule has 6 nitrogen and oxygen atoms in total. The van der Waals surface area contributed by atoms with Gasteiger partial charge in [0.1, 0.15) is 0 Å². The molecule has 1 rings (SSSR count). The van der Waals surface area contributed by atoms with Crippen molar-refractivity contribution in [3.05, 3.63) is 12.7 Å². The summed E-state index contributed by atoms with van der Waals surface area (Å²) in [5.41, 5.74) is 0. The molecule has 1 saturated heterocycles. The van der Waals surface area contributed by atoms with Crippen LogP contribution in [0.25, 0.3) is 0 Å². The Bertz CT molecular complexity index is 346. The highest BCUT2D eigenvalue weighted by atomic mass is 16.5.